The molecular weight excluding hydrogens is 415 g/mol. The third kappa shape index (κ3) is 2.79. The van der Waals surface area contributed by atoms with Gasteiger partial charge in [0.05, 0.1) is 27.6 Å². The number of aryl methyl sites for hydroxylation is 1. The zero-order chi connectivity index (χ0) is 18.5. The Hall–Kier alpha value is -2.06. The number of H-pyrrole nitrogens is 1. The van der Waals surface area contributed by atoms with Crippen molar-refractivity contribution in [2.75, 3.05) is 0 Å². The largest absolute Gasteiger partial charge is 0.333 e. The number of aromatic amines is 1. The van der Waals surface area contributed by atoms with Gasteiger partial charge in [-0.1, -0.05) is 25.4 Å². The van der Waals surface area contributed by atoms with E-state index in [1.807, 2.05) is 13.8 Å². The van der Waals surface area contributed by atoms with Crippen LogP contribution in [0.3, 0.4) is 0 Å². The van der Waals surface area contributed by atoms with E-state index >= 15 is 0 Å². The van der Waals surface area contributed by atoms with E-state index in [2.05, 4.69) is 30.9 Å². The van der Waals surface area contributed by atoms with Crippen LogP contribution in [-0.2, 0) is 0 Å². The van der Waals surface area contributed by atoms with Gasteiger partial charge < -0.3 is 0 Å². The van der Waals surface area contributed by atoms with Crippen LogP contribution >= 0.6 is 27.5 Å². The molecule has 0 saturated carbocycles. The number of benzene rings is 1. The maximum atomic E-state index is 14.6. The number of nitrogens with zero attached hydrogens (tertiary/aromatic N) is 3. The Morgan fingerprint density at radius 2 is 2.00 bits per heavy atom. The van der Waals surface area contributed by atoms with Gasteiger partial charge in [-0.25, -0.2) is 19.2 Å². The van der Waals surface area contributed by atoms with Crippen LogP contribution in [0.5, 0.6) is 0 Å². The SMILES string of the molecule is Cc1ncnc(C(C)C)c1-n1c(=O)[nH]c(=O)c2c(F)c(Cl)c(Br)cc21. The Labute approximate surface area is 154 Å². The van der Waals surface area contributed by atoms with E-state index in [1.54, 1.807) is 6.92 Å². The van der Waals surface area contributed by atoms with Crippen molar-refractivity contribution in [3.8, 4) is 5.69 Å². The Bertz CT molecular complexity index is 1120. The Morgan fingerprint density at radius 3 is 2.64 bits per heavy atom. The van der Waals surface area contributed by atoms with Crippen molar-refractivity contribution in [2.45, 2.75) is 26.7 Å². The van der Waals surface area contributed by atoms with Crippen molar-refractivity contribution in [1.82, 2.24) is 19.5 Å². The predicted molar refractivity (Wildman–Crippen MR) is 97.2 cm³/mol. The average molecular weight is 428 g/mol. The molecule has 3 aromatic rings. The lowest BCUT2D eigenvalue weighted by Crippen LogP contribution is -2.31. The number of fused-ring (bicyclic) bond motifs is 1. The third-order valence-corrected chi connectivity index (χ3v) is 5.06. The van der Waals surface area contributed by atoms with Crippen LogP contribution in [0.25, 0.3) is 16.6 Å². The molecule has 1 aromatic carbocycles. The van der Waals surface area contributed by atoms with Crippen molar-refractivity contribution < 1.29 is 4.39 Å². The first-order valence-corrected chi connectivity index (χ1v) is 8.55. The van der Waals surface area contributed by atoms with E-state index < -0.39 is 17.1 Å². The van der Waals surface area contributed by atoms with Crippen molar-refractivity contribution >= 4 is 38.4 Å². The summed E-state index contributed by atoms with van der Waals surface area (Å²) >= 11 is 9.05. The molecule has 0 atom stereocenters. The van der Waals surface area contributed by atoms with E-state index in [9.17, 15) is 14.0 Å². The Kier molecular flexibility index (Phi) is 4.51. The zero-order valence-corrected chi connectivity index (χ0v) is 15.9. The van der Waals surface area contributed by atoms with Crippen LogP contribution in [0, 0.1) is 12.7 Å². The molecule has 130 valence electrons. The number of nitrogens with one attached hydrogen (secondary N) is 1. The van der Waals surface area contributed by atoms with Crippen molar-refractivity contribution in [3.05, 3.63) is 59.9 Å². The second-order valence-corrected chi connectivity index (χ2v) is 7.06. The minimum atomic E-state index is -0.901. The molecule has 1 N–H and O–H groups in total. The highest BCUT2D eigenvalue weighted by Crippen LogP contribution is 2.32. The van der Waals surface area contributed by atoms with Gasteiger partial charge in [-0.15, -0.1) is 0 Å². The maximum Gasteiger partial charge on any atom is 0.333 e. The van der Waals surface area contributed by atoms with Crippen LogP contribution in [-0.4, -0.2) is 19.5 Å². The second-order valence-electron chi connectivity index (χ2n) is 5.82. The van der Waals surface area contributed by atoms with Crippen LogP contribution < -0.4 is 11.2 Å². The first-order chi connectivity index (χ1) is 11.7. The summed E-state index contributed by atoms with van der Waals surface area (Å²) in [5.41, 5.74) is 0.0874. The number of rotatable bonds is 2. The number of aromatic nitrogens is 4. The molecule has 9 heteroatoms. The molecule has 25 heavy (non-hydrogen) atoms. The number of halogens is 3. The molecule has 0 radical (unpaired) electrons. The molecule has 0 aliphatic heterocycles. The lowest BCUT2D eigenvalue weighted by molar-refractivity contribution is 0.636. The number of hydrogen-bond acceptors (Lipinski definition) is 4. The monoisotopic (exact) mass is 426 g/mol. The first kappa shape index (κ1) is 17.8. The Balaban J connectivity index is 2.61. The zero-order valence-electron chi connectivity index (χ0n) is 13.5. The summed E-state index contributed by atoms with van der Waals surface area (Å²) in [6.45, 7) is 5.54. The molecule has 2 aromatic heterocycles. The fourth-order valence-electron chi connectivity index (χ4n) is 2.71. The van der Waals surface area contributed by atoms with E-state index in [4.69, 9.17) is 11.6 Å². The van der Waals surface area contributed by atoms with Crippen LogP contribution in [0.2, 0.25) is 5.02 Å². The number of hydrogen-bond donors (Lipinski definition) is 1. The van der Waals surface area contributed by atoms with Gasteiger partial charge in [-0.3, -0.25) is 14.3 Å². The van der Waals surface area contributed by atoms with Crippen molar-refractivity contribution in [2.24, 2.45) is 0 Å². The second kappa shape index (κ2) is 6.34. The normalized spacial score (nSPS) is 11.5. The van der Waals surface area contributed by atoms with Crippen molar-refractivity contribution in [1.29, 1.82) is 0 Å². The minimum Gasteiger partial charge on any atom is -0.273 e. The third-order valence-electron chi connectivity index (χ3n) is 3.84. The lowest BCUT2D eigenvalue weighted by Gasteiger charge is -2.17. The van der Waals surface area contributed by atoms with E-state index in [1.165, 1.54) is 17.0 Å². The standard InChI is InChI=1S/C16H13BrClFN4O2/c1-6(2)13-14(7(3)20-5-21-13)23-9-4-8(17)11(18)12(19)10(9)15(24)22-16(23)25/h4-6H,1-3H3,(H,22,24,25). The highest BCUT2D eigenvalue weighted by atomic mass is 79.9. The summed E-state index contributed by atoms with van der Waals surface area (Å²) < 4.78 is 16.0. The van der Waals surface area contributed by atoms with Gasteiger partial charge >= 0.3 is 5.69 Å². The Morgan fingerprint density at radius 1 is 1.32 bits per heavy atom. The topological polar surface area (TPSA) is 80.6 Å². The summed E-state index contributed by atoms with van der Waals surface area (Å²) in [7, 11) is 0. The lowest BCUT2D eigenvalue weighted by atomic mass is 10.1. The fraction of sp³-hybridized carbons (Fsp3) is 0.250. The molecule has 0 unspecified atom stereocenters. The summed E-state index contributed by atoms with van der Waals surface area (Å²) in [5, 5.41) is -0.529. The van der Waals surface area contributed by atoms with Gasteiger partial charge in [-0.05, 0) is 34.8 Å². The summed E-state index contributed by atoms with van der Waals surface area (Å²) in [5.74, 6) is -0.923. The molecule has 0 bridgehead atoms. The molecule has 0 spiro atoms. The predicted octanol–water partition coefficient (Wildman–Crippen LogP) is 3.46. The van der Waals surface area contributed by atoms with Crippen LogP contribution in [0.4, 0.5) is 4.39 Å². The van der Waals surface area contributed by atoms with E-state index in [0.717, 1.165) is 0 Å². The molecule has 0 saturated heterocycles. The fourth-order valence-corrected chi connectivity index (χ4v) is 3.25. The molecule has 3 rings (SSSR count). The molecule has 2 heterocycles. The molecular formula is C16H13BrClFN4O2. The van der Waals surface area contributed by atoms with Gasteiger partial charge in [0.2, 0.25) is 0 Å². The molecule has 0 fully saturated rings. The van der Waals surface area contributed by atoms with Gasteiger partial charge in [-0.2, -0.15) is 0 Å². The highest BCUT2D eigenvalue weighted by molar-refractivity contribution is 9.10. The first-order valence-electron chi connectivity index (χ1n) is 7.38. The van der Waals surface area contributed by atoms with Gasteiger partial charge in [0.25, 0.3) is 5.56 Å². The van der Waals surface area contributed by atoms with Gasteiger partial charge in [0, 0.05) is 4.47 Å². The summed E-state index contributed by atoms with van der Waals surface area (Å²) in [4.78, 5) is 35.3. The van der Waals surface area contributed by atoms with E-state index in [0.29, 0.717) is 17.1 Å². The highest BCUT2D eigenvalue weighted by Gasteiger charge is 2.22. The van der Waals surface area contributed by atoms with E-state index in [-0.39, 0.29) is 26.3 Å². The average Bonchev–Trinajstić information content (AvgIpc) is 2.53. The summed E-state index contributed by atoms with van der Waals surface area (Å²) in [6, 6.07) is 1.44. The van der Waals surface area contributed by atoms with Gasteiger partial charge in [0.15, 0.2) is 5.82 Å². The maximum absolute atomic E-state index is 14.6. The van der Waals surface area contributed by atoms with Crippen LogP contribution in [0.1, 0.15) is 31.2 Å². The van der Waals surface area contributed by atoms with Gasteiger partial charge in [0.1, 0.15) is 11.7 Å². The smallest absolute Gasteiger partial charge is 0.273 e. The quantitative estimate of drug-likeness (QED) is 0.635. The van der Waals surface area contributed by atoms with Crippen LogP contribution in [0.15, 0.2) is 26.5 Å². The van der Waals surface area contributed by atoms with Crippen molar-refractivity contribution in [3.63, 3.8) is 0 Å². The molecule has 0 aliphatic rings. The minimum absolute atomic E-state index is 0.0221. The molecule has 0 amide bonds. The summed E-state index contributed by atoms with van der Waals surface area (Å²) in [6.07, 6.45) is 1.40. The molecule has 6 nitrogen and oxygen atoms in total. The molecule has 0 aliphatic carbocycles.